The van der Waals surface area contributed by atoms with E-state index >= 15 is 0 Å². The third-order valence-corrected chi connectivity index (χ3v) is 4.96. The Hall–Kier alpha value is -1.94. The number of carbonyl (C=O) groups is 2. The van der Waals surface area contributed by atoms with Crippen LogP contribution in [0.2, 0.25) is 0 Å². The molecule has 0 bridgehead atoms. The molecule has 0 aliphatic carbocycles. The molecule has 0 heterocycles. The summed E-state index contributed by atoms with van der Waals surface area (Å²) in [6.45, 7) is 4.30. The lowest BCUT2D eigenvalue weighted by molar-refractivity contribution is -0.347. The van der Waals surface area contributed by atoms with E-state index in [-0.39, 0.29) is 13.0 Å². The fourth-order valence-electron chi connectivity index (χ4n) is 2.12. The van der Waals surface area contributed by atoms with Crippen LogP contribution in [0.5, 0.6) is 0 Å². The fraction of sp³-hybridized carbons (Fsp3) is 0.765. The predicted octanol–water partition coefficient (Wildman–Crippen LogP) is 3.58. The highest BCUT2D eigenvalue weighted by Crippen LogP contribution is 2.42. The van der Waals surface area contributed by atoms with Crippen LogP contribution < -0.4 is 5.32 Å². The number of unbranched alkanes of at least 4 members (excludes halogenated alkanes) is 2. The maximum absolute atomic E-state index is 13.7. The second kappa shape index (κ2) is 11.5. The van der Waals surface area contributed by atoms with Gasteiger partial charge in [0.2, 0.25) is 0 Å². The normalized spacial score (nSPS) is 15.0. The first kappa shape index (κ1) is 31.1. The first-order valence-corrected chi connectivity index (χ1v) is 10.8. The lowest BCUT2D eigenvalue weighted by Crippen LogP contribution is -2.61. The summed E-state index contributed by atoms with van der Waals surface area (Å²) < 4.78 is 132. The number of rotatable bonds is 14. The van der Waals surface area contributed by atoms with E-state index in [1.165, 1.54) is 0 Å². The van der Waals surface area contributed by atoms with Crippen LogP contribution >= 0.6 is 0 Å². The van der Waals surface area contributed by atoms with Crippen LogP contribution in [0.15, 0.2) is 12.2 Å². The number of alkyl halides is 7. The molecule has 0 saturated heterocycles. The highest BCUT2D eigenvalue weighted by Gasteiger charge is 2.67. The molecule has 194 valence electrons. The second-order valence-corrected chi connectivity index (χ2v) is 8.36. The van der Waals surface area contributed by atoms with Gasteiger partial charge in [0.05, 0.1) is 6.61 Å². The molecule has 33 heavy (non-hydrogen) atoms. The lowest BCUT2D eigenvalue weighted by Gasteiger charge is -2.33. The molecule has 0 fully saturated rings. The highest BCUT2D eigenvalue weighted by molar-refractivity contribution is 7.87. The Labute approximate surface area is 185 Å². The minimum atomic E-state index is -6.47. The van der Waals surface area contributed by atoms with E-state index in [1.54, 1.807) is 6.92 Å². The first-order chi connectivity index (χ1) is 14.8. The molecule has 0 spiro atoms. The zero-order valence-corrected chi connectivity index (χ0v) is 18.4. The van der Waals surface area contributed by atoms with Gasteiger partial charge in [0.1, 0.15) is 0 Å². The zero-order valence-electron chi connectivity index (χ0n) is 17.6. The van der Waals surface area contributed by atoms with Crippen LogP contribution in [-0.4, -0.2) is 61.1 Å². The smallest absolute Gasteiger partial charge is 0.412 e. The summed E-state index contributed by atoms with van der Waals surface area (Å²) in [6, 6.07) is 0. The Morgan fingerprint density at radius 3 is 2.00 bits per heavy atom. The van der Waals surface area contributed by atoms with Crippen molar-refractivity contribution in [1.29, 1.82) is 0 Å². The van der Waals surface area contributed by atoms with Crippen LogP contribution in [-0.2, 0) is 29.2 Å². The van der Waals surface area contributed by atoms with E-state index in [4.69, 9.17) is 4.55 Å². The van der Waals surface area contributed by atoms with E-state index in [2.05, 4.69) is 16.1 Å². The van der Waals surface area contributed by atoms with Crippen molar-refractivity contribution < 1.29 is 62.8 Å². The van der Waals surface area contributed by atoms with E-state index in [9.17, 15) is 48.7 Å². The Balaban J connectivity index is 5.52. The van der Waals surface area contributed by atoms with E-state index in [0.29, 0.717) is 6.42 Å². The molecule has 0 aromatic heterocycles. The molecule has 0 saturated carbocycles. The second-order valence-electron chi connectivity index (χ2n) is 6.90. The molecule has 1 amide bonds. The first-order valence-electron chi connectivity index (χ1n) is 9.37. The van der Waals surface area contributed by atoms with Gasteiger partial charge in [-0.2, -0.15) is 39.2 Å². The van der Waals surface area contributed by atoms with Crippen LogP contribution in [0.4, 0.5) is 30.7 Å². The Bertz CT molecular complexity index is 815. The molecule has 8 nitrogen and oxygen atoms in total. The minimum Gasteiger partial charge on any atom is -0.412 e. The van der Waals surface area contributed by atoms with Crippen LogP contribution in [0, 0.1) is 0 Å². The molecule has 0 aliphatic heterocycles. The standard InChI is InChI=1S/C17H24F7NO7S/c1-4-5-9-25-13(27)15(16(20,21)22,32-12(26)11(2)3)31-10-7-6-8-14(18,19)17(23,24)33(28,29)30/h2,4-10H2,1,3H3,(H,25,27)(H,28,29,30). The third kappa shape index (κ3) is 7.81. The summed E-state index contributed by atoms with van der Waals surface area (Å²) in [5, 5.41) is -3.97. The number of hydrogen-bond acceptors (Lipinski definition) is 6. The van der Waals surface area contributed by atoms with Crippen LogP contribution in [0.3, 0.4) is 0 Å². The minimum absolute atomic E-state index is 0.252. The van der Waals surface area contributed by atoms with Crippen molar-refractivity contribution in [1.82, 2.24) is 5.32 Å². The summed E-state index contributed by atoms with van der Waals surface area (Å²) in [7, 11) is -6.47. The topological polar surface area (TPSA) is 119 Å². The molecule has 0 aliphatic rings. The number of amides is 1. The average molecular weight is 519 g/mol. The fourth-order valence-corrected chi connectivity index (χ4v) is 2.60. The largest absolute Gasteiger partial charge is 0.466 e. The average Bonchev–Trinajstić information content (AvgIpc) is 2.64. The molecule has 1 atom stereocenters. The summed E-state index contributed by atoms with van der Waals surface area (Å²) in [5.41, 5.74) is -0.527. The zero-order chi connectivity index (χ0) is 26.3. The number of ether oxygens (including phenoxy) is 2. The predicted molar refractivity (Wildman–Crippen MR) is 98.9 cm³/mol. The van der Waals surface area contributed by atoms with Crippen molar-refractivity contribution in [2.45, 2.75) is 69.1 Å². The number of hydrogen-bond donors (Lipinski definition) is 2. The molecule has 0 rings (SSSR count). The van der Waals surface area contributed by atoms with Crippen molar-refractivity contribution in [3.8, 4) is 0 Å². The maximum Gasteiger partial charge on any atom is 0.466 e. The molecular weight excluding hydrogens is 495 g/mol. The summed E-state index contributed by atoms with van der Waals surface area (Å²) in [4.78, 5) is 24.0. The van der Waals surface area contributed by atoms with Crippen molar-refractivity contribution in [2.24, 2.45) is 0 Å². The molecule has 0 aromatic rings. The van der Waals surface area contributed by atoms with Crippen molar-refractivity contribution in [3.05, 3.63) is 12.2 Å². The molecule has 0 aromatic carbocycles. The number of nitrogens with one attached hydrogen (secondary N) is 1. The summed E-state index contributed by atoms with van der Waals surface area (Å²) in [5.74, 6) is -13.0. The summed E-state index contributed by atoms with van der Waals surface area (Å²) >= 11 is 0. The molecular formula is C17H24F7NO7S. The quantitative estimate of drug-likeness (QED) is 0.0899. The van der Waals surface area contributed by atoms with Gasteiger partial charge >= 0.3 is 45.1 Å². The van der Waals surface area contributed by atoms with Gasteiger partial charge in [-0.1, -0.05) is 19.9 Å². The van der Waals surface area contributed by atoms with E-state index < -0.39 is 76.6 Å². The molecule has 0 radical (unpaired) electrons. The lowest BCUT2D eigenvalue weighted by atomic mass is 10.1. The van der Waals surface area contributed by atoms with Crippen molar-refractivity contribution >= 4 is 22.0 Å². The monoisotopic (exact) mass is 519 g/mol. The van der Waals surface area contributed by atoms with E-state index in [0.717, 1.165) is 6.92 Å². The molecule has 2 N–H and O–H groups in total. The van der Waals surface area contributed by atoms with Crippen molar-refractivity contribution in [3.63, 3.8) is 0 Å². The highest BCUT2D eigenvalue weighted by atomic mass is 32.2. The number of carbonyl (C=O) groups excluding carboxylic acids is 2. The van der Waals surface area contributed by atoms with Gasteiger partial charge in [0.15, 0.2) is 0 Å². The van der Waals surface area contributed by atoms with Gasteiger partial charge in [0, 0.05) is 18.5 Å². The Morgan fingerprint density at radius 1 is 1.03 bits per heavy atom. The van der Waals surface area contributed by atoms with Gasteiger partial charge in [-0.05, 0) is 26.2 Å². The SMILES string of the molecule is C=C(C)C(=O)OC(OCCCCC(F)(F)C(F)(F)S(=O)(=O)O)(C(=O)NCCCC)C(F)(F)F. The van der Waals surface area contributed by atoms with Gasteiger partial charge in [0.25, 0.3) is 0 Å². The van der Waals surface area contributed by atoms with Gasteiger partial charge in [-0.15, -0.1) is 0 Å². The van der Waals surface area contributed by atoms with Crippen LogP contribution in [0.25, 0.3) is 0 Å². The molecule has 1 unspecified atom stereocenters. The van der Waals surface area contributed by atoms with Gasteiger partial charge in [-0.3, -0.25) is 9.35 Å². The van der Waals surface area contributed by atoms with E-state index in [1.807, 2.05) is 5.32 Å². The molecule has 16 heteroatoms. The maximum atomic E-state index is 13.7. The Morgan fingerprint density at radius 2 is 1.58 bits per heavy atom. The van der Waals surface area contributed by atoms with Crippen molar-refractivity contribution in [2.75, 3.05) is 13.2 Å². The van der Waals surface area contributed by atoms with Gasteiger partial charge in [-0.25, -0.2) is 4.79 Å². The third-order valence-electron chi connectivity index (χ3n) is 4.01. The Kier molecular flexibility index (Phi) is 10.8. The summed E-state index contributed by atoms with van der Waals surface area (Å²) in [6.07, 6.45) is -8.61. The van der Waals surface area contributed by atoms with Gasteiger partial charge < -0.3 is 14.8 Å². The number of esters is 1. The van der Waals surface area contributed by atoms with Crippen LogP contribution in [0.1, 0.15) is 46.0 Å². The number of halogens is 7.